The van der Waals surface area contributed by atoms with E-state index in [1.807, 2.05) is 6.07 Å². The highest BCUT2D eigenvalue weighted by Crippen LogP contribution is 1.99. The van der Waals surface area contributed by atoms with Crippen molar-refractivity contribution in [2.24, 2.45) is 0 Å². The van der Waals surface area contributed by atoms with E-state index < -0.39 is 0 Å². The third-order valence-corrected chi connectivity index (χ3v) is 2.23. The Kier molecular flexibility index (Phi) is 3.37. The Hall–Kier alpha value is -1.33. The van der Waals surface area contributed by atoms with Gasteiger partial charge in [-0.3, -0.25) is 4.79 Å². The minimum atomic E-state index is -0.113. The first kappa shape index (κ1) is 10.2. The van der Waals surface area contributed by atoms with Crippen LogP contribution in [0, 0.1) is 0 Å². The van der Waals surface area contributed by atoms with E-state index in [4.69, 9.17) is 9.15 Å². The Morgan fingerprint density at radius 3 is 3.13 bits per heavy atom. The lowest BCUT2D eigenvalue weighted by Crippen LogP contribution is -2.49. The molecule has 0 unspecified atom stereocenters. The average molecular weight is 210 g/mol. The minimum Gasteiger partial charge on any atom is -0.467 e. The van der Waals surface area contributed by atoms with E-state index in [-0.39, 0.29) is 18.6 Å². The van der Waals surface area contributed by atoms with Crippen LogP contribution in [0.5, 0.6) is 0 Å². The fraction of sp³-hybridized carbons (Fsp3) is 0.500. The summed E-state index contributed by atoms with van der Waals surface area (Å²) in [5.41, 5.74) is 0. The molecule has 1 amide bonds. The third kappa shape index (κ3) is 3.07. The van der Waals surface area contributed by atoms with Crippen molar-refractivity contribution in [1.82, 2.24) is 10.6 Å². The number of rotatable bonds is 5. The molecule has 1 aliphatic rings. The molecule has 1 aliphatic heterocycles. The van der Waals surface area contributed by atoms with Crippen LogP contribution in [0.25, 0.3) is 0 Å². The highest BCUT2D eigenvalue weighted by molar-refractivity contribution is 5.77. The minimum absolute atomic E-state index is 0.113. The molecular weight excluding hydrogens is 196 g/mol. The monoisotopic (exact) mass is 210 g/mol. The van der Waals surface area contributed by atoms with E-state index in [1.54, 1.807) is 12.3 Å². The second kappa shape index (κ2) is 4.95. The molecule has 2 rings (SSSR count). The highest BCUT2D eigenvalue weighted by atomic mass is 16.5. The number of amides is 1. The summed E-state index contributed by atoms with van der Waals surface area (Å²) in [7, 11) is 0. The Morgan fingerprint density at radius 2 is 2.53 bits per heavy atom. The van der Waals surface area contributed by atoms with Gasteiger partial charge in [-0.1, -0.05) is 0 Å². The van der Waals surface area contributed by atoms with Gasteiger partial charge in [-0.25, -0.2) is 0 Å². The molecule has 0 radical (unpaired) electrons. The van der Waals surface area contributed by atoms with Crippen LogP contribution < -0.4 is 10.6 Å². The van der Waals surface area contributed by atoms with Crippen molar-refractivity contribution in [1.29, 1.82) is 0 Å². The molecule has 0 saturated carbocycles. The van der Waals surface area contributed by atoms with Gasteiger partial charge >= 0.3 is 0 Å². The molecule has 1 aromatic heterocycles. The van der Waals surface area contributed by atoms with Gasteiger partial charge < -0.3 is 19.8 Å². The van der Waals surface area contributed by atoms with Crippen molar-refractivity contribution in [2.75, 3.05) is 19.7 Å². The number of ether oxygens (including phenoxy) is 1. The first-order valence-electron chi connectivity index (χ1n) is 4.96. The number of hydrogen-bond acceptors (Lipinski definition) is 4. The molecule has 0 aromatic carbocycles. The van der Waals surface area contributed by atoms with Crippen LogP contribution in [0.15, 0.2) is 22.8 Å². The maximum Gasteiger partial charge on any atom is 0.246 e. The van der Waals surface area contributed by atoms with Crippen molar-refractivity contribution in [3.8, 4) is 0 Å². The van der Waals surface area contributed by atoms with Gasteiger partial charge in [-0.15, -0.1) is 0 Å². The molecule has 0 atom stereocenters. The summed E-state index contributed by atoms with van der Waals surface area (Å²) in [5, 5.41) is 5.78. The first-order chi connectivity index (χ1) is 7.34. The van der Waals surface area contributed by atoms with Gasteiger partial charge in [-0.2, -0.15) is 0 Å². The smallest absolute Gasteiger partial charge is 0.246 e. The fourth-order valence-electron chi connectivity index (χ4n) is 1.22. The summed E-state index contributed by atoms with van der Waals surface area (Å²) < 4.78 is 10.4. The fourth-order valence-corrected chi connectivity index (χ4v) is 1.22. The zero-order valence-corrected chi connectivity index (χ0v) is 8.36. The zero-order chi connectivity index (χ0) is 10.5. The van der Waals surface area contributed by atoms with Crippen LogP contribution in [0.3, 0.4) is 0 Å². The number of hydrogen-bond donors (Lipinski definition) is 2. The lowest BCUT2D eigenvalue weighted by molar-refractivity contribution is -0.128. The number of nitrogens with one attached hydrogen (secondary N) is 2. The number of furan rings is 1. The van der Waals surface area contributed by atoms with Crippen LogP contribution in [-0.2, 0) is 16.1 Å². The molecule has 0 spiro atoms. The molecule has 5 nitrogen and oxygen atoms in total. The van der Waals surface area contributed by atoms with Crippen molar-refractivity contribution < 1.29 is 13.9 Å². The normalized spacial score (nSPS) is 16.0. The summed E-state index contributed by atoms with van der Waals surface area (Å²) in [6.45, 7) is 2.21. The first-order valence-corrected chi connectivity index (χ1v) is 4.96. The van der Waals surface area contributed by atoms with Crippen LogP contribution in [0.1, 0.15) is 5.76 Å². The number of carbonyl (C=O) groups excluding carboxylic acids is 1. The van der Waals surface area contributed by atoms with Gasteiger partial charge in [-0.05, 0) is 12.1 Å². The summed E-state index contributed by atoms with van der Waals surface area (Å²) in [5.74, 6) is 0.631. The van der Waals surface area contributed by atoms with Crippen molar-refractivity contribution >= 4 is 5.91 Å². The van der Waals surface area contributed by atoms with E-state index >= 15 is 0 Å². The Morgan fingerprint density at radius 1 is 1.67 bits per heavy atom. The maximum absolute atomic E-state index is 11.3. The van der Waals surface area contributed by atoms with Crippen molar-refractivity contribution in [3.05, 3.63) is 24.2 Å². The molecule has 5 heteroatoms. The SMILES string of the molecule is O=C(COC1CNC1)NCc1ccco1. The van der Waals surface area contributed by atoms with Crippen molar-refractivity contribution in [2.45, 2.75) is 12.6 Å². The number of carbonyl (C=O) groups is 1. The van der Waals surface area contributed by atoms with Crippen LogP contribution in [-0.4, -0.2) is 31.7 Å². The molecule has 0 bridgehead atoms. The van der Waals surface area contributed by atoms with Gasteiger partial charge in [0.2, 0.25) is 5.91 Å². The second-order valence-corrected chi connectivity index (χ2v) is 3.45. The van der Waals surface area contributed by atoms with Gasteiger partial charge in [0.15, 0.2) is 0 Å². The second-order valence-electron chi connectivity index (χ2n) is 3.45. The molecule has 2 heterocycles. The van der Waals surface area contributed by atoms with E-state index in [9.17, 15) is 4.79 Å². The molecule has 1 aromatic rings. The third-order valence-electron chi connectivity index (χ3n) is 2.23. The van der Waals surface area contributed by atoms with Crippen molar-refractivity contribution in [3.63, 3.8) is 0 Å². The Bertz CT molecular complexity index is 306. The Balaban J connectivity index is 1.60. The van der Waals surface area contributed by atoms with Crippen LogP contribution in [0.2, 0.25) is 0 Å². The predicted molar refractivity (Wildman–Crippen MR) is 53.2 cm³/mol. The van der Waals surface area contributed by atoms with E-state index in [1.165, 1.54) is 0 Å². The Labute approximate surface area is 87.8 Å². The zero-order valence-electron chi connectivity index (χ0n) is 8.36. The van der Waals surface area contributed by atoms with E-state index in [2.05, 4.69) is 10.6 Å². The van der Waals surface area contributed by atoms with E-state index in [0.717, 1.165) is 18.8 Å². The summed E-state index contributed by atoms with van der Waals surface area (Å²) in [6, 6.07) is 3.61. The maximum atomic E-state index is 11.3. The summed E-state index contributed by atoms with van der Waals surface area (Å²) in [4.78, 5) is 11.3. The molecule has 2 N–H and O–H groups in total. The molecule has 15 heavy (non-hydrogen) atoms. The van der Waals surface area contributed by atoms with Crippen LogP contribution in [0.4, 0.5) is 0 Å². The molecular formula is C10H14N2O3. The van der Waals surface area contributed by atoms with Gasteiger partial charge in [0, 0.05) is 13.1 Å². The lowest BCUT2D eigenvalue weighted by atomic mass is 10.2. The largest absolute Gasteiger partial charge is 0.467 e. The molecule has 1 saturated heterocycles. The molecule has 0 aliphatic carbocycles. The van der Waals surface area contributed by atoms with Gasteiger partial charge in [0.1, 0.15) is 12.4 Å². The summed E-state index contributed by atoms with van der Waals surface area (Å²) >= 11 is 0. The quantitative estimate of drug-likeness (QED) is 0.711. The molecule has 82 valence electrons. The topological polar surface area (TPSA) is 63.5 Å². The lowest BCUT2D eigenvalue weighted by Gasteiger charge is -2.26. The van der Waals surface area contributed by atoms with Gasteiger partial charge in [0.05, 0.1) is 18.9 Å². The summed E-state index contributed by atoms with van der Waals surface area (Å²) in [6.07, 6.45) is 1.78. The van der Waals surface area contributed by atoms with Crippen LogP contribution >= 0.6 is 0 Å². The van der Waals surface area contributed by atoms with Gasteiger partial charge in [0.25, 0.3) is 0 Å². The average Bonchev–Trinajstić information content (AvgIpc) is 2.64. The highest BCUT2D eigenvalue weighted by Gasteiger charge is 2.17. The standard InChI is InChI=1S/C10H14N2O3/c13-10(7-15-9-4-11-5-9)12-6-8-2-1-3-14-8/h1-3,9,11H,4-7H2,(H,12,13). The predicted octanol–water partition coefficient (Wildman–Crippen LogP) is -0.116. The molecule has 1 fully saturated rings. The van der Waals surface area contributed by atoms with E-state index in [0.29, 0.717) is 6.54 Å².